The van der Waals surface area contributed by atoms with E-state index in [1.54, 1.807) is 30.5 Å². The second-order valence-corrected chi connectivity index (χ2v) is 12.3. The van der Waals surface area contributed by atoms with E-state index in [2.05, 4.69) is 31.6 Å². The average molecular weight is 647 g/mol. The van der Waals surface area contributed by atoms with Gasteiger partial charge in [0.25, 0.3) is 0 Å². The van der Waals surface area contributed by atoms with Gasteiger partial charge >= 0.3 is 5.97 Å². The van der Waals surface area contributed by atoms with E-state index in [-0.39, 0.29) is 31.6 Å². The second-order valence-electron chi connectivity index (χ2n) is 12.3. The summed E-state index contributed by atoms with van der Waals surface area (Å²) in [6.45, 7) is 5.20. The zero-order valence-corrected chi connectivity index (χ0v) is 26.7. The molecule has 1 saturated heterocycles. The normalized spacial score (nSPS) is 23.1. The maximum Gasteiger partial charge on any atom is 0.303 e. The zero-order chi connectivity index (χ0) is 34.1. The fourth-order valence-electron chi connectivity index (χ4n) is 5.52. The van der Waals surface area contributed by atoms with Crippen LogP contribution in [0.4, 0.5) is 0 Å². The number of hydrogen-bond donors (Lipinski definition) is 7. The van der Waals surface area contributed by atoms with E-state index in [0.29, 0.717) is 0 Å². The first-order valence-electron chi connectivity index (χ1n) is 15.7. The summed E-state index contributed by atoms with van der Waals surface area (Å²) in [5.74, 6) is -4.61. The maximum atomic E-state index is 13.9. The van der Waals surface area contributed by atoms with Crippen LogP contribution in [0.2, 0.25) is 0 Å². The van der Waals surface area contributed by atoms with Gasteiger partial charge in [-0.3, -0.25) is 28.8 Å². The van der Waals surface area contributed by atoms with Crippen molar-refractivity contribution in [2.75, 3.05) is 0 Å². The Morgan fingerprint density at radius 2 is 1.26 bits per heavy atom. The number of hydrogen-bond acceptors (Lipinski definition) is 6. The third kappa shape index (κ3) is 9.65. The minimum Gasteiger partial charge on any atom is -0.481 e. The summed E-state index contributed by atoms with van der Waals surface area (Å²) in [4.78, 5) is 82.6. The van der Waals surface area contributed by atoms with Crippen LogP contribution in [0.25, 0.3) is 10.9 Å². The molecular weight excluding hydrogens is 604 g/mol. The fourth-order valence-corrected chi connectivity index (χ4v) is 5.52. The monoisotopic (exact) mass is 646 g/mol. The highest BCUT2D eigenvalue weighted by Crippen LogP contribution is 2.20. The smallest absolute Gasteiger partial charge is 0.303 e. The average Bonchev–Trinajstić information content (AvgIpc) is 3.44. The molecule has 4 rings (SSSR count). The van der Waals surface area contributed by atoms with Gasteiger partial charge in [0, 0.05) is 36.4 Å². The number of aliphatic carboxylic acids is 1. The Hall–Kier alpha value is -5.20. The van der Waals surface area contributed by atoms with Crippen molar-refractivity contribution in [1.82, 2.24) is 31.6 Å². The number of carboxylic acid groups (broad SMARTS) is 1. The Kier molecular flexibility index (Phi) is 11.7. The molecule has 7 N–H and O–H groups in total. The van der Waals surface area contributed by atoms with Crippen LogP contribution in [-0.4, -0.2) is 75.8 Å². The van der Waals surface area contributed by atoms with Crippen molar-refractivity contribution in [3.8, 4) is 0 Å². The highest BCUT2D eigenvalue weighted by atomic mass is 16.4. The molecule has 0 aliphatic carbocycles. The molecule has 5 atom stereocenters. The minimum atomic E-state index is -1.33. The molecule has 5 amide bonds. The van der Waals surface area contributed by atoms with Crippen LogP contribution >= 0.6 is 0 Å². The van der Waals surface area contributed by atoms with Crippen LogP contribution in [0, 0.1) is 5.92 Å². The summed E-state index contributed by atoms with van der Waals surface area (Å²) in [5, 5.41) is 23.6. The minimum absolute atomic E-state index is 0.0292. The molecule has 0 radical (unpaired) electrons. The number of para-hydroxylation sites is 1. The van der Waals surface area contributed by atoms with E-state index < -0.39 is 72.1 Å². The Balaban J connectivity index is 1.72. The molecule has 1 aromatic heterocycles. The summed E-state index contributed by atoms with van der Waals surface area (Å²) in [7, 11) is 0. The molecule has 13 nitrogen and oxygen atoms in total. The van der Waals surface area contributed by atoms with Gasteiger partial charge in [-0.25, -0.2) is 0 Å². The highest BCUT2D eigenvalue weighted by molar-refractivity contribution is 5.98. The molecule has 13 heteroatoms. The molecule has 2 heterocycles. The van der Waals surface area contributed by atoms with Crippen LogP contribution < -0.4 is 26.6 Å². The molecule has 47 heavy (non-hydrogen) atoms. The molecule has 0 saturated carbocycles. The van der Waals surface area contributed by atoms with E-state index in [1.165, 1.54) is 6.92 Å². The third-order valence-corrected chi connectivity index (χ3v) is 8.02. The summed E-state index contributed by atoms with van der Waals surface area (Å²) in [6, 6.07) is 10.7. The van der Waals surface area contributed by atoms with Gasteiger partial charge in [0.05, 0.1) is 0 Å². The van der Waals surface area contributed by atoms with E-state index in [0.717, 1.165) is 22.0 Å². The first-order chi connectivity index (χ1) is 22.4. The van der Waals surface area contributed by atoms with Crippen molar-refractivity contribution >= 4 is 46.4 Å². The van der Waals surface area contributed by atoms with E-state index >= 15 is 0 Å². The molecule has 0 unspecified atom stereocenters. The van der Waals surface area contributed by atoms with Crippen molar-refractivity contribution in [2.45, 2.75) is 83.1 Å². The summed E-state index contributed by atoms with van der Waals surface area (Å²) in [5.41, 5.74) is 2.31. The van der Waals surface area contributed by atoms with E-state index in [9.17, 15) is 33.9 Å². The predicted octanol–water partition coefficient (Wildman–Crippen LogP) is 1.32. The fraction of sp³-hybridized carbons (Fsp3) is 0.412. The van der Waals surface area contributed by atoms with Crippen molar-refractivity contribution in [2.24, 2.45) is 5.92 Å². The lowest BCUT2D eigenvalue weighted by Crippen LogP contribution is -2.58. The number of carboxylic acids is 1. The Bertz CT molecular complexity index is 1600. The maximum absolute atomic E-state index is 13.9. The summed E-state index contributed by atoms with van der Waals surface area (Å²) < 4.78 is 0. The number of carbonyl (C=O) groups excluding carboxylic acids is 5. The van der Waals surface area contributed by atoms with Crippen molar-refractivity contribution in [3.05, 3.63) is 71.9 Å². The molecule has 1 aliphatic heterocycles. The van der Waals surface area contributed by atoms with Gasteiger partial charge in [-0.1, -0.05) is 62.4 Å². The Morgan fingerprint density at radius 3 is 1.94 bits per heavy atom. The van der Waals surface area contributed by atoms with Crippen LogP contribution in [0.5, 0.6) is 0 Å². The molecule has 250 valence electrons. The van der Waals surface area contributed by atoms with Crippen LogP contribution in [0.3, 0.4) is 0 Å². The first kappa shape index (κ1) is 34.7. The summed E-state index contributed by atoms with van der Waals surface area (Å²) in [6.07, 6.45) is 1.41. The standard InChI is InChI=1S/C34H42N6O7/c1-19(2)15-26-32(45)40-28(17-22-18-35-24-12-8-7-11-23(22)24)34(47)37-25(13-14-29(41)42)31(44)36-20(3)30(43)38-27(33(46)39-26)16-21-9-5-4-6-10-21/h4-12,18-20,25-28,35H,13-17H2,1-3H3,(H,36,44)(H,37,47)(H,38,43)(H,39,46)(H,40,45)(H,41,42)/t20-,25+,26-,27+,28+/m0/s1. The van der Waals surface area contributed by atoms with Gasteiger partial charge in [0.15, 0.2) is 0 Å². The van der Waals surface area contributed by atoms with E-state index in [1.807, 2.05) is 44.2 Å². The van der Waals surface area contributed by atoms with Gasteiger partial charge < -0.3 is 36.7 Å². The predicted molar refractivity (Wildman–Crippen MR) is 174 cm³/mol. The van der Waals surface area contributed by atoms with E-state index in [4.69, 9.17) is 0 Å². The number of carbonyl (C=O) groups is 6. The van der Waals surface area contributed by atoms with Gasteiger partial charge in [-0.05, 0) is 42.9 Å². The zero-order valence-electron chi connectivity index (χ0n) is 26.7. The Morgan fingerprint density at radius 1 is 0.702 bits per heavy atom. The number of fused-ring (bicyclic) bond motifs is 1. The van der Waals surface area contributed by atoms with Gasteiger partial charge in [0.2, 0.25) is 29.5 Å². The van der Waals surface area contributed by atoms with Crippen molar-refractivity contribution in [3.63, 3.8) is 0 Å². The number of nitrogens with one attached hydrogen (secondary N) is 6. The molecule has 0 spiro atoms. The van der Waals surface area contributed by atoms with Gasteiger partial charge in [-0.2, -0.15) is 0 Å². The molecule has 1 fully saturated rings. The molecule has 1 aliphatic rings. The van der Waals surface area contributed by atoms with Gasteiger partial charge in [0.1, 0.15) is 30.2 Å². The largest absolute Gasteiger partial charge is 0.481 e. The van der Waals surface area contributed by atoms with Gasteiger partial charge in [-0.15, -0.1) is 0 Å². The first-order valence-corrected chi connectivity index (χ1v) is 15.7. The molecule has 3 aromatic rings. The topological polar surface area (TPSA) is 199 Å². The number of rotatable bonds is 9. The number of aromatic nitrogens is 1. The molecular formula is C34H42N6O7. The second kappa shape index (κ2) is 15.9. The molecule has 0 bridgehead atoms. The summed E-state index contributed by atoms with van der Waals surface area (Å²) >= 11 is 0. The van der Waals surface area contributed by atoms with Crippen molar-refractivity contribution in [1.29, 1.82) is 0 Å². The molecule has 2 aromatic carbocycles. The van der Waals surface area contributed by atoms with Crippen molar-refractivity contribution < 1.29 is 33.9 Å². The quantitative estimate of drug-likeness (QED) is 0.182. The third-order valence-electron chi connectivity index (χ3n) is 8.02. The van der Waals surface area contributed by atoms with Crippen LogP contribution in [0.15, 0.2) is 60.8 Å². The van der Waals surface area contributed by atoms with Crippen LogP contribution in [0.1, 0.15) is 51.2 Å². The lowest BCUT2D eigenvalue weighted by Gasteiger charge is -2.26. The number of benzene rings is 2. The number of amides is 5. The highest BCUT2D eigenvalue weighted by Gasteiger charge is 2.34. The lowest BCUT2D eigenvalue weighted by molar-refractivity contribution is -0.138. The number of aromatic amines is 1. The van der Waals surface area contributed by atoms with Crippen LogP contribution in [-0.2, 0) is 41.6 Å². The Labute approximate surface area is 272 Å². The number of H-pyrrole nitrogens is 1. The SMILES string of the molecule is CC(C)C[C@@H]1NC(=O)[C@@H](Cc2ccccc2)NC(=O)[C@H](C)NC(=O)[C@@H](CCC(=O)O)NC(=O)[C@@H](Cc2c[nH]c3ccccc23)NC1=O. The lowest BCUT2D eigenvalue weighted by atomic mass is 9.99.